The molecular formula is C15H20N4O. The van der Waals surface area contributed by atoms with Crippen LogP contribution in [0.4, 0.5) is 11.4 Å². The fourth-order valence-electron chi connectivity index (χ4n) is 1.94. The van der Waals surface area contributed by atoms with E-state index >= 15 is 0 Å². The van der Waals surface area contributed by atoms with Crippen molar-refractivity contribution < 1.29 is 4.79 Å². The molecule has 5 nitrogen and oxygen atoms in total. The Balaban J connectivity index is 1.94. The Hall–Kier alpha value is -2.30. The lowest BCUT2D eigenvalue weighted by atomic mass is 10.2. The Morgan fingerprint density at radius 3 is 2.45 bits per heavy atom. The molecule has 1 aromatic heterocycles. The van der Waals surface area contributed by atoms with Gasteiger partial charge in [0.2, 0.25) is 5.91 Å². The summed E-state index contributed by atoms with van der Waals surface area (Å²) in [4.78, 5) is 11.3. The van der Waals surface area contributed by atoms with Crippen molar-refractivity contribution in [1.29, 1.82) is 0 Å². The maximum Gasteiger partial charge on any atom is 0.224 e. The smallest absolute Gasteiger partial charge is 0.224 e. The lowest BCUT2D eigenvalue weighted by molar-refractivity contribution is -0.115. The monoisotopic (exact) mass is 272 g/mol. The van der Waals surface area contributed by atoms with E-state index in [4.69, 9.17) is 0 Å². The van der Waals surface area contributed by atoms with Crippen LogP contribution in [0, 0.1) is 6.92 Å². The highest BCUT2D eigenvalue weighted by Gasteiger charge is 2.03. The molecule has 2 aromatic rings. The molecule has 1 heterocycles. The molecule has 0 radical (unpaired) electrons. The average Bonchev–Trinajstić information content (AvgIpc) is 2.76. The van der Waals surface area contributed by atoms with Gasteiger partial charge in [0.1, 0.15) is 0 Å². The summed E-state index contributed by atoms with van der Waals surface area (Å²) in [6, 6.07) is 7.70. The van der Waals surface area contributed by atoms with Gasteiger partial charge in [-0.15, -0.1) is 0 Å². The van der Waals surface area contributed by atoms with Crippen LogP contribution in [0.5, 0.6) is 0 Å². The van der Waals surface area contributed by atoms with Gasteiger partial charge in [-0.1, -0.05) is 6.92 Å². The highest BCUT2D eigenvalue weighted by Crippen LogP contribution is 2.15. The van der Waals surface area contributed by atoms with Gasteiger partial charge in [0.25, 0.3) is 0 Å². The molecule has 2 N–H and O–H groups in total. The fraction of sp³-hybridized carbons (Fsp3) is 0.333. The standard InChI is InChI=1S/C15H20N4O/c1-4-15(20)17-14-7-5-13(6-8-14)16-9-12-10-19(3)18-11(12)2/h5-8,10,16H,4,9H2,1-3H3,(H,17,20). The first-order valence-electron chi connectivity index (χ1n) is 6.71. The third-order valence-electron chi connectivity index (χ3n) is 3.09. The highest BCUT2D eigenvalue weighted by molar-refractivity contribution is 5.90. The summed E-state index contributed by atoms with van der Waals surface area (Å²) >= 11 is 0. The van der Waals surface area contributed by atoms with E-state index in [1.54, 1.807) is 0 Å². The topological polar surface area (TPSA) is 59.0 Å². The quantitative estimate of drug-likeness (QED) is 0.879. The molecule has 1 aromatic carbocycles. The van der Waals surface area contributed by atoms with Crippen molar-refractivity contribution in [2.75, 3.05) is 10.6 Å². The molecule has 0 unspecified atom stereocenters. The molecule has 1 amide bonds. The minimum atomic E-state index is 0.0247. The van der Waals surface area contributed by atoms with Gasteiger partial charge in [-0.3, -0.25) is 9.48 Å². The first kappa shape index (κ1) is 14.1. The number of anilines is 2. The number of amides is 1. The molecular weight excluding hydrogens is 252 g/mol. The number of nitrogens with zero attached hydrogens (tertiary/aromatic N) is 2. The number of aromatic nitrogens is 2. The first-order valence-corrected chi connectivity index (χ1v) is 6.71. The predicted molar refractivity (Wildman–Crippen MR) is 80.6 cm³/mol. The Morgan fingerprint density at radius 2 is 1.90 bits per heavy atom. The van der Waals surface area contributed by atoms with Gasteiger partial charge in [-0.05, 0) is 31.2 Å². The highest BCUT2D eigenvalue weighted by atomic mass is 16.1. The van der Waals surface area contributed by atoms with E-state index in [2.05, 4.69) is 15.7 Å². The Labute approximate surface area is 119 Å². The van der Waals surface area contributed by atoms with Crippen LogP contribution < -0.4 is 10.6 Å². The molecule has 0 saturated heterocycles. The van der Waals surface area contributed by atoms with Crippen molar-refractivity contribution in [2.24, 2.45) is 7.05 Å². The predicted octanol–water partition coefficient (Wildman–Crippen LogP) is 2.69. The molecule has 0 fully saturated rings. The fourth-order valence-corrected chi connectivity index (χ4v) is 1.94. The van der Waals surface area contributed by atoms with Gasteiger partial charge in [0, 0.05) is 43.1 Å². The summed E-state index contributed by atoms with van der Waals surface area (Å²) < 4.78 is 1.82. The number of benzene rings is 1. The summed E-state index contributed by atoms with van der Waals surface area (Å²) in [5, 5.41) is 10.5. The van der Waals surface area contributed by atoms with Crippen molar-refractivity contribution in [3.05, 3.63) is 41.7 Å². The van der Waals surface area contributed by atoms with Crippen LogP contribution >= 0.6 is 0 Å². The molecule has 0 aliphatic heterocycles. The molecule has 106 valence electrons. The van der Waals surface area contributed by atoms with Crippen LogP contribution in [0.2, 0.25) is 0 Å². The molecule has 20 heavy (non-hydrogen) atoms. The van der Waals surface area contributed by atoms with Gasteiger partial charge in [-0.2, -0.15) is 5.10 Å². The lowest BCUT2D eigenvalue weighted by Gasteiger charge is -2.07. The third-order valence-corrected chi connectivity index (χ3v) is 3.09. The molecule has 0 saturated carbocycles. The Bertz CT molecular complexity index is 586. The SMILES string of the molecule is CCC(=O)Nc1ccc(NCc2cn(C)nc2C)cc1. The van der Waals surface area contributed by atoms with Gasteiger partial charge in [0.15, 0.2) is 0 Å². The van der Waals surface area contributed by atoms with E-state index in [0.717, 1.165) is 23.6 Å². The third kappa shape index (κ3) is 3.60. The summed E-state index contributed by atoms with van der Waals surface area (Å²) in [6.07, 6.45) is 2.50. The number of carbonyl (C=O) groups is 1. The van der Waals surface area contributed by atoms with E-state index in [1.807, 2.05) is 56.0 Å². The summed E-state index contributed by atoms with van der Waals surface area (Å²) in [5.74, 6) is 0.0247. The first-order chi connectivity index (χ1) is 9.58. The summed E-state index contributed by atoms with van der Waals surface area (Å²) in [5.41, 5.74) is 4.05. The van der Waals surface area contributed by atoms with Crippen molar-refractivity contribution in [2.45, 2.75) is 26.8 Å². The second-order valence-corrected chi connectivity index (χ2v) is 4.75. The second kappa shape index (κ2) is 6.23. The maximum absolute atomic E-state index is 11.3. The van der Waals surface area contributed by atoms with Crippen molar-refractivity contribution in [3.8, 4) is 0 Å². The van der Waals surface area contributed by atoms with Crippen molar-refractivity contribution in [3.63, 3.8) is 0 Å². The van der Waals surface area contributed by atoms with Crippen LogP contribution in [0.25, 0.3) is 0 Å². The van der Waals surface area contributed by atoms with Gasteiger partial charge in [-0.25, -0.2) is 0 Å². The van der Waals surface area contributed by atoms with Crippen molar-refractivity contribution >= 4 is 17.3 Å². The molecule has 0 atom stereocenters. The minimum Gasteiger partial charge on any atom is -0.381 e. The number of nitrogens with one attached hydrogen (secondary N) is 2. The molecule has 0 aliphatic carbocycles. The maximum atomic E-state index is 11.3. The van der Waals surface area contributed by atoms with Crippen LogP contribution in [0.15, 0.2) is 30.5 Å². The molecule has 0 aliphatic rings. The van der Waals surface area contributed by atoms with E-state index < -0.39 is 0 Å². The van der Waals surface area contributed by atoms with Gasteiger partial charge in [0.05, 0.1) is 5.69 Å². The van der Waals surface area contributed by atoms with E-state index in [1.165, 1.54) is 5.56 Å². The van der Waals surface area contributed by atoms with Crippen LogP contribution in [-0.4, -0.2) is 15.7 Å². The van der Waals surface area contributed by atoms with Crippen molar-refractivity contribution in [1.82, 2.24) is 9.78 Å². The minimum absolute atomic E-state index is 0.0247. The summed E-state index contributed by atoms with van der Waals surface area (Å²) in [6.45, 7) is 4.57. The van der Waals surface area contributed by atoms with Gasteiger partial charge < -0.3 is 10.6 Å². The zero-order valence-electron chi connectivity index (χ0n) is 12.1. The molecule has 2 rings (SSSR count). The molecule has 0 spiro atoms. The number of aryl methyl sites for hydroxylation is 2. The largest absolute Gasteiger partial charge is 0.381 e. The molecule has 0 bridgehead atoms. The number of hydrogen-bond acceptors (Lipinski definition) is 3. The second-order valence-electron chi connectivity index (χ2n) is 4.75. The number of rotatable bonds is 5. The zero-order valence-corrected chi connectivity index (χ0v) is 12.1. The van der Waals surface area contributed by atoms with E-state index in [-0.39, 0.29) is 5.91 Å². The number of carbonyl (C=O) groups excluding carboxylic acids is 1. The summed E-state index contributed by atoms with van der Waals surface area (Å²) in [7, 11) is 1.92. The zero-order chi connectivity index (χ0) is 14.5. The van der Waals surface area contributed by atoms with Gasteiger partial charge >= 0.3 is 0 Å². The lowest BCUT2D eigenvalue weighted by Crippen LogP contribution is -2.09. The van der Waals surface area contributed by atoms with Crippen LogP contribution in [0.3, 0.4) is 0 Å². The Kier molecular flexibility index (Phi) is 4.40. The normalized spacial score (nSPS) is 10.3. The Morgan fingerprint density at radius 1 is 1.25 bits per heavy atom. The van der Waals surface area contributed by atoms with E-state index in [9.17, 15) is 4.79 Å². The average molecular weight is 272 g/mol. The number of hydrogen-bond donors (Lipinski definition) is 2. The molecule has 5 heteroatoms. The van der Waals surface area contributed by atoms with Crippen LogP contribution in [0.1, 0.15) is 24.6 Å². The van der Waals surface area contributed by atoms with Crippen LogP contribution in [-0.2, 0) is 18.4 Å². The van der Waals surface area contributed by atoms with E-state index in [0.29, 0.717) is 6.42 Å².